The van der Waals surface area contributed by atoms with Gasteiger partial charge in [-0.25, -0.2) is 0 Å². The summed E-state index contributed by atoms with van der Waals surface area (Å²) in [4.78, 5) is 2.14. The summed E-state index contributed by atoms with van der Waals surface area (Å²) >= 11 is 8.75. The summed E-state index contributed by atoms with van der Waals surface area (Å²) in [5.41, 5.74) is 2.24. The number of halogens is 2. The third-order valence-electron chi connectivity index (χ3n) is 3.37. The number of rotatable bonds is 6. The molecule has 0 saturated heterocycles. The van der Waals surface area contributed by atoms with Crippen LogP contribution in [0, 0.1) is 3.57 Å². The van der Waals surface area contributed by atoms with E-state index in [1.165, 1.54) is 9.13 Å². The number of benzene rings is 1. The molecule has 0 saturated carbocycles. The Balaban J connectivity index is 2.38. The molecule has 1 atom stereocenters. The van der Waals surface area contributed by atoms with Crippen LogP contribution in [0.1, 0.15) is 17.3 Å². The number of hydrogen-bond donors (Lipinski definition) is 1. The summed E-state index contributed by atoms with van der Waals surface area (Å²) in [5, 5.41) is 8.50. The molecule has 1 aromatic heterocycles. The first-order valence-electron chi connectivity index (χ1n) is 6.82. The maximum atomic E-state index is 6.40. The average Bonchev–Trinajstić information content (AvgIpc) is 2.81. The van der Waals surface area contributed by atoms with Crippen molar-refractivity contribution in [1.29, 1.82) is 0 Å². The van der Waals surface area contributed by atoms with Gasteiger partial charge in [0.25, 0.3) is 0 Å². The van der Waals surface area contributed by atoms with E-state index >= 15 is 0 Å². The van der Waals surface area contributed by atoms with Crippen LogP contribution in [0.4, 0.5) is 0 Å². The monoisotopic (exact) mass is 418 g/mol. The SMILES string of the molecule is CNC(c1ccccc1I)c1c(Cl)cnn1CCN(C)C. The zero-order valence-corrected chi connectivity index (χ0v) is 15.4. The highest BCUT2D eigenvalue weighted by Crippen LogP contribution is 2.30. The quantitative estimate of drug-likeness (QED) is 0.732. The van der Waals surface area contributed by atoms with Gasteiger partial charge < -0.3 is 10.2 Å². The minimum Gasteiger partial charge on any atom is -0.308 e. The van der Waals surface area contributed by atoms with E-state index in [-0.39, 0.29) is 6.04 Å². The number of nitrogens with zero attached hydrogens (tertiary/aromatic N) is 3. The molecule has 114 valence electrons. The number of nitrogens with one attached hydrogen (secondary N) is 1. The highest BCUT2D eigenvalue weighted by atomic mass is 127. The van der Waals surface area contributed by atoms with Gasteiger partial charge in [0.1, 0.15) is 0 Å². The van der Waals surface area contributed by atoms with Crippen molar-refractivity contribution in [3.63, 3.8) is 0 Å². The minimum atomic E-state index is 0.0373. The lowest BCUT2D eigenvalue weighted by Gasteiger charge is -2.21. The molecule has 0 amide bonds. The summed E-state index contributed by atoms with van der Waals surface area (Å²) in [6, 6.07) is 8.37. The van der Waals surface area contributed by atoms with Crippen molar-refractivity contribution >= 4 is 34.2 Å². The Morgan fingerprint density at radius 1 is 1.38 bits per heavy atom. The molecular weight excluding hydrogens is 399 g/mol. The van der Waals surface area contributed by atoms with Crippen LogP contribution in [0.3, 0.4) is 0 Å². The molecule has 2 rings (SSSR count). The Labute approximate surface area is 144 Å². The summed E-state index contributed by atoms with van der Waals surface area (Å²) < 4.78 is 3.21. The molecule has 0 fully saturated rings. The van der Waals surface area contributed by atoms with Crippen molar-refractivity contribution in [3.8, 4) is 0 Å². The van der Waals surface area contributed by atoms with Gasteiger partial charge in [-0.1, -0.05) is 29.8 Å². The van der Waals surface area contributed by atoms with E-state index in [0.717, 1.165) is 18.8 Å². The van der Waals surface area contributed by atoms with Gasteiger partial charge in [0.05, 0.1) is 29.5 Å². The summed E-state index contributed by atoms with van der Waals surface area (Å²) in [6.07, 6.45) is 1.73. The van der Waals surface area contributed by atoms with Gasteiger partial charge in [-0.2, -0.15) is 5.10 Å². The predicted molar refractivity (Wildman–Crippen MR) is 95.9 cm³/mol. The van der Waals surface area contributed by atoms with E-state index in [1.807, 2.05) is 17.8 Å². The number of likely N-dealkylation sites (N-methyl/N-ethyl adjacent to an activating group) is 1. The van der Waals surface area contributed by atoms with Crippen LogP contribution in [-0.4, -0.2) is 42.4 Å². The molecule has 1 aromatic carbocycles. The normalized spacial score (nSPS) is 12.9. The van der Waals surface area contributed by atoms with Gasteiger partial charge in [0.2, 0.25) is 0 Å². The maximum Gasteiger partial charge on any atom is 0.0837 e. The van der Waals surface area contributed by atoms with Gasteiger partial charge in [-0.05, 0) is 55.4 Å². The van der Waals surface area contributed by atoms with E-state index in [9.17, 15) is 0 Å². The molecule has 21 heavy (non-hydrogen) atoms. The molecular formula is C15H20ClIN4. The maximum absolute atomic E-state index is 6.40. The molecule has 4 nitrogen and oxygen atoms in total. The second-order valence-corrected chi connectivity index (χ2v) is 6.72. The van der Waals surface area contributed by atoms with Crippen molar-refractivity contribution in [2.75, 3.05) is 27.7 Å². The lowest BCUT2D eigenvalue weighted by molar-refractivity contribution is 0.366. The molecule has 1 N–H and O–H groups in total. The van der Waals surface area contributed by atoms with Crippen molar-refractivity contribution in [1.82, 2.24) is 20.0 Å². The first kappa shape index (κ1) is 16.7. The van der Waals surface area contributed by atoms with Gasteiger partial charge >= 0.3 is 0 Å². The molecule has 0 aliphatic carbocycles. The van der Waals surface area contributed by atoms with Crippen LogP contribution in [0.25, 0.3) is 0 Å². The van der Waals surface area contributed by atoms with Crippen LogP contribution in [0.2, 0.25) is 5.02 Å². The third kappa shape index (κ3) is 3.97. The Kier molecular flexibility index (Phi) is 6.04. The zero-order chi connectivity index (χ0) is 15.4. The van der Waals surface area contributed by atoms with Gasteiger partial charge in [0, 0.05) is 10.1 Å². The van der Waals surface area contributed by atoms with Crippen molar-refractivity contribution in [3.05, 3.63) is 50.3 Å². The Morgan fingerprint density at radius 2 is 2.10 bits per heavy atom. The second kappa shape index (κ2) is 7.58. The van der Waals surface area contributed by atoms with E-state index < -0.39 is 0 Å². The Morgan fingerprint density at radius 3 is 2.71 bits per heavy atom. The summed E-state index contributed by atoms with van der Waals surface area (Å²) in [7, 11) is 6.06. The first-order valence-corrected chi connectivity index (χ1v) is 8.28. The average molecular weight is 419 g/mol. The Hall–Kier alpha value is -0.630. The fourth-order valence-corrected chi connectivity index (χ4v) is 3.23. The van der Waals surface area contributed by atoms with Crippen molar-refractivity contribution in [2.45, 2.75) is 12.6 Å². The van der Waals surface area contributed by atoms with Gasteiger partial charge in [0.15, 0.2) is 0 Å². The van der Waals surface area contributed by atoms with Crippen LogP contribution < -0.4 is 5.32 Å². The molecule has 0 radical (unpaired) electrons. The van der Waals surface area contributed by atoms with Crippen LogP contribution in [0.5, 0.6) is 0 Å². The van der Waals surface area contributed by atoms with Gasteiger partial charge in [-0.15, -0.1) is 0 Å². The van der Waals surface area contributed by atoms with Crippen molar-refractivity contribution in [2.24, 2.45) is 0 Å². The topological polar surface area (TPSA) is 33.1 Å². The molecule has 0 bridgehead atoms. The lowest BCUT2D eigenvalue weighted by atomic mass is 10.0. The molecule has 1 heterocycles. The molecule has 2 aromatic rings. The van der Waals surface area contributed by atoms with Crippen LogP contribution in [-0.2, 0) is 6.54 Å². The van der Waals surface area contributed by atoms with E-state index in [1.54, 1.807) is 6.20 Å². The standard InChI is InChI=1S/C15H20ClIN4/c1-18-14(11-6-4-5-7-13(11)17)15-12(16)10-19-21(15)9-8-20(2)3/h4-7,10,14,18H,8-9H2,1-3H3. The third-order valence-corrected chi connectivity index (χ3v) is 4.64. The van der Waals surface area contributed by atoms with Crippen LogP contribution >= 0.6 is 34.2 Å². The highest BCUT2D eigenvalue weighted by Gasteiger charge is 2.22. The fraction of sp³-hybridized carbons (Fsp3) is 0.400. The second-order valence-electron chi connectivity index (χ2n) is 5.15. The van der Waals surface area contributed by atoms with Crippen LogP contribution in [0.15, 0.2) is 30.5 Å². The number of aromatic nitrogens is 2. The van der Waals surface area contributed by atoms with Gasteiger partial charge in [-0.3, -0.25) is 4.68 Å². The smallest absolute Gasteiger partial charge is 0.0837 e. The summed E-state index contributed by atoms with van der Waals surface area (Å²) in [5.74, 6) is 0. The van der Waals surface area contributed by atoms with E-state index in [4.69, 9.17) is 11.6 Å². The number of hydrogen-bond acceptors (Lipinski definition) is 3. The molecule has 1 unspecified atom stereocenters. The Bertz CT molecular complexity index is 597. The van der Waals surface area contributed by atoms with E-state index in [0.29, 0.717) is 5.02 Å². The largest absolute Gasteiger partial charge is 0.308 e. The molecule has 6 heteroatoms. The van der Waals surface area contributed by atoms with E-state index in [2.05, 4.69) is 70.2 Å². The molecule has 0 spiro atoms. The van der Waals surface area contributed by atoms with Crippen molar-refractivity contribution < 1.29 is 0 Å². The molecule has 0 aliphatic rings. The first-order chi connectivity index (χ1) is 10.0. The lowest BCUT2D eigenvalue weighted by Crippen LogP contribution is -2.26. The highest BCUT2D eigenvalue weighted by molar-refractivity contribution is 14.1. The zero-order valence-electron chi connectivity index (χ0n) is 12.5. The predicted octanol–water partition coefficient (Wildman–Crippen LogP) is 3.01. The minimum absolute atomic E-state index is 0.0373. The molecule has 0 aliphatic heterocycles. The summed E-state index contributed by atoms with van der Waals surface area (Å²) in [6.45, 7) is 1.74. The fourth-order valence-electron chi connectivity index (χ4n) is 2.28.